The van der Waals surface area contributed by atoms with Crippen LogP contribution in [0.4, 0.5) is 5.69 Å². The van der Waals surface area contributed by atoms with Crippen molar-refractivity contribution in [1.82, 2.24) is 24.6 Å². The first-order valence-corrected chi connectivity index (χ1v) is 10.3. The number of benzene rings is 1. The zero-order valence-electron chi connectivity index (χ0n) is 16.6. The molecule has 1 amide bonds. The van der Waals surface area contributed by atoms with E-state index in [1.807, 2.05) is 0 Å². The van der Waals surface area contributed by atoms with Crippen molar-refractivity contribution in [1.29, 1.82) is 0 Å². The lowest BCUT2D eigenvalue weighted by atomic mass is 10.1. The molecule has 7 nitrogen and oxygen atoms in total. The average molecular weight is 383 g/mol. The first-order chi connectivity index (χ1) is 13.7. The molecule has 150 valence electrons. The summed E-state index contributed by atoms with van der Waals surface area (Å²) in [6, 6.07) is 9.45. The number of para-hydroxylation sites is 1. The van der Waals surface area contributed by atoms with E-state index in [-0.39, 0.29) is 5.91 Å². The van der Waals surface area contributed by atoms with Crippen molar-refractivity contribution in [3.63, 3.8) is 0 Å². The van der Waals surface area contributed by atoms with Crippen molar-refractivity contribution in [3.05, 3.63) is 42.5 Å². The molecule has 1 saturated heterocycles. The van der Waals surface area contributed by atoms with Gasteiger partial charge in [-0.3, -0.25) is 14.4 Å². The summed E-state index contributed by atoms with van der Waals surface area (Å²) in [5.74, 6) is 0.228. The zero-order valence-corrected chi connectivity index (χ0v) is 16.6. The van der Waals surface area contributed by atoms with Gasteiger partial charge in [0.2, 0.25) is 5.91 Å². The van der Waals surface area contributed by atoms with Crippen LogP contribution in [0.3, 0.4) is 0 Å². The molecule has 2 aliphatic heterocycles. The molecule has 1 N–H and O–H groups in total. The highest BCUT2D eigenvalue weighted by Crippen LogP contribution is 2.28. The van der Waals surface area contributed by atoms with E-state index in [9.17, 15) is 4.79 Å². The van der Waals surface area contributed by atoms with Gasteiger partial charge in [-0.15, -0.1) is 0 Å². The second-order valence-corrected chi connectivity index (χ2v) is 7.96. The first-order valence-electron chi connectivity index (χ1n) is 10.3. The Bertz CT molecular complexity index is 777. The van der Waals surface area contributed by atoms with E-state index in [0.29, 0.717) is 25.0 Å². The number of aromatic nitrogens is 3. The van der Waals surface area contributed by atoms with Crippen LogP contribution in [0.5, 0.6) is 0 Å². The highest BCUT2D eigenvalue weighted by atomic mass is 16.2. The highest BCUT2D eigenvalue weighted by Gasteiger charge is 2.32. The van der Waals surface area contributed by atoms with Crippen molar-refractivity contribution in [2.24, 2.45) is 0 Å². The fraction of sp³-hybridized carbons (Fsp3) is 0.571. The van der Waals surface area contributed by atoms with Gasteiger partial charge in [-0.2, -0.15) is 5.10 Å². The number of amides is 1. The van der Waals surface area contributed by atoms with Crippen molar-refractivity contribution >= 4 is 11.6 Å². The minimum atomic E-state index is 0.228. The van der Waals surface area contributed by atoms with Crippen LogP contribution in [0.25, 0.3) is 0 Å². The predicted octanol–water partition coefficient (Wildman–Crippen LogP) is 2.37. The van der Waals surface area contributed by atoms with Crippen LogP contribution in [0.2, 0.25) is 0 Å². The maximum absolute atomic E-state index is 13.1. The van der Waals surface area contributed by atoms with Crippen molar-refractivity contribution in [3.8, 4) is 0 Å². The Morgan fingerprint density at radius 2 is 2.07 bits per heavy atom. The summed E-state index contributed by atoms with van der Waals surface area (Å²) in [6.07, 6.45) is 8.09. The summed E-state index contributed by atoms with van der Waals surface area (Å²) in [6.45, 7) is 3.18. The normalized spacial score (nSPS) is 23.0. The van der Waals surface area contributed by atoms with Crippen LogP contribution in [-0.2, 0) is 17.9 Å². The topological polar surface area (TPSA) is 66.3 Å². The summed E-state index contributed by atoms with van der Waals surface area (Å²) in [5, 5.41) is 7.72. The fourth-order valence-electron chi connectivity index (χ4n) is 4.48. The van der Waals surface area contributed by atoms with E-state index in [1.54, 1.807) is 11.0 Å². The van der Waals surface area contributed by atoms with Gasteiger partial charge in [0, 0.05) is 50.4 Å². The average Bonchev–Trinajstić information content (AvgIpc) is 3.32. The van der Waals surface area contributed by atoms with Crippen LogP contribution in [0, 0.1) is 0 Å². The van der Waals surface area contributed by atoms with E-state index in [2.05, 4.69) is 56.5 Å². The molecule has 2 bridgehead atoms. The maximum atomic E-state index is 13.1. The number of fused-ring (bicyclic) bond motifs is 3. The number of likely N-dealkylation sites (N-methyl/N-ethyl adjacent to an activating group) is 1. The third-order valence-electron chi connectivity index (χ3n) is 6.18. The number of nitrogens with zero attached hydrogens (tertiary/aromatic N) is 5. The van der Waals surface area contributed by atoms with Crippen molar-refractivity contribution in [2.45, 2.75) is 57.3 Å². The summed E-state index contributed by atoms with van der Waals surface area (Å²) < 4.78 is 1.79. The lowest BCUT2D eigenvalue weighted by Crippen LogP contribution is -2.43. The highest BCUT2D eigenvalue weighted by molar-refractivity contribution is 5.76. The second kappa shape index (κ2) is 8.73. The Labute approximate surface area is 166 Å². The van der Waals surface area contributed by atoms with Crippen LogP contribution < -0.4 is 5.32 Å². The van der Waals surface area contributed by atoms with E-state index < -0.39 is 0 Å². The summed E-state index contributed by atoms with van der Waals surface area (Å²) in [4.78, 5) is 21.6. The van der Waals surface area contributed by atoms with Crippen LogP contribution in [0.1, 0.15) is 37.7 Å². The molecule has 28 heavy (non-hydrogen) atoms. The lowest BCUT2D eigenvalue weighted by Gasteiger charge is -2.31. The Balaban J connectivity index is 1.48. The minimum Gasteiger partial charge on any atom is -0.385 e. The van der Waals surface area contributed by atoms with Gasteiger partial charge in [-0.25, -0.2) is 4.98 Å². The SMILES string of the molecule is CN1[C@@H]2CCNc3ccccc3CN(C(=O)CCCn3cncn3)C[C@H]1CC2. The molecule has 2 aliphatic rings. The monoisotopic (exact) mass is 382 g/mol. The molecule has 0 saturated carbocycles. The molecule has 0 radical (unpaired) electrons. The van der Waals surface area contributed by atoms with Crippen LogP contribution in [0.15, 0.2) is 36.9 Å². The smallest absolute Gasteiger partial charge is 0.222 e. The molecular formula is C21H30N6O. The van der Waals surface area contributed by atoms with E-state index in [4.69, 9.17) is 0 Å². The molecule has 2 aromatic rings. The number of hydrogen-bond donors (Lipinski definition) is 1. The molecule has 0 aliphatic carbocycles. The molecule has 1 aromatic carbocycles. The summed E-state index contributed by atoms with van der Waals surface area (Å²) in [5.41, 5.74) is 2.36. The molecule has 0 unspecified atom stereocenters. The Morgan fingerprint density at radius 3 is 2.93 bits per heavy atom. The zero-order chi connectivity index (χ0) is 19.3. The third kappa shape index (κ3) is 4.35. The molecule has 3 heterocycles. The number of nitrogens with one attached hydrogen (secondary N) is 1. The molecule has 1 aromatic heterocycles. The van der Waals surface area contributed by atoms with Gasteiger partial charge < -0.3 is 10.2 Å². The molecule has 2 atom stereocenters. The lowest BCUT2D eigenvalue weighted by molar-refractivity contribution is -0.132. The van der Waals surface area contributed by atoms with Gasteiger partial charge in [0.25, 0.3) is 0 Å². The number of carbonyl (C=O) groups is 1. The molecule has 7 heteroatoms. The van der Waals surface area contributed by atoms with Crippen molar-refractivity contribution in [2.75, 3.05) is 25.5 Å². The number of aryl methyl sites for hydroxylation is 1. The number of rotatable bonds is 4. The predicted molar refractivity (Wildman–Crippen MR) is 109 cm³/mol. The van der Waals surface area contributed by atoms with E-state index in [1.165, 1.54) is 24.7 Å². The number of carbonyl (C=O) groups excluding carboxylic acids is 1. The van der Waals surface area contributed by atoms with Crippen molar-refractivity contribution < 1.29 is 4.79 Å². The third-order valence-corrected chi connectivity index (χ3v) is 6.18. The van der Waals surface area contributed by atoms with E-state index in [0.717, 1.165) is 38.2 Å². The Hall–Kier alpha value is -2.41. The largest absolute Gasteiger partial charge is 0.385 e. The van der Waals surface area contributed by atoms with Crippen LogP contribution in [-0.4, -0.2) is 62.7 Å². The quantitative estimate of drug-likeness (QED) is 0.879. The molecular weight excluding hydrogens is 352 g/mol. The fourth-order valence-corrected chi connectivity index (χ4v) is 4.48. The number of hydrogen-bond acceptors (Lipinski definition) is 5. The van der Waals surface area contributed by atoms with Gasteiger partial charge in [0.1, 0.15) is 12.7 Å². The summed E-state index contributed by atoms with van der Waals surface area (Å²) >= 11 is 0. The molecule has 1 fully saturated rings. The maximum Gasteiger partial charge on any atom is 0.222 e. The first kappa shape index (κ1) is 18.9. The molecule has 4 rings (SSSR count). The van der Waals surface area contributed by atoms with Gasteiger partial charge in [0.15, 0.2) is 0 Å². The minimum absolute atomic E-state index is 0.228. The van der Waals surface area contributed by atoms with Gasteiger partial charge in [-0.1, -0.05) is 18.2 Å². The number of anilines is 1. The summed E-state index contributed by atoms with van der Waals surface area (Å²) in [7, 11) is 2.22. The Morgan fingerprint density at radius 1 is 1.21 bits per heavy atom. The van der Waals surface area contributed by atoms with Crippen LogP contribution >= 0.6 is 0 Å². The van der Waals surface area contributed by atoms with Gasteiger partial charge in [-0.05, 0) is 44.4 Å². The standard InChI is InChI=1S/C21H30N6O/c1-25-18-8-9-19(25)14-26(21(28)7-4-12-27-16-22-15-24-27)13-17-5-2-3-6-20(17)23-11-10-18/h2-3,5-6,15-16,18-19,23H,4,7-14H2,1H3/t18-,19+/m0/s1. The van der Waals surface area contributed by atoms with Gasteiger partial charge >= 0.3 is 0 Å². The Kier molecular flexibility index (Phi) is 5.90. The second-order valence-electron chi connectivity index (χ2n) is 7.96. The van der Waals surface area contributed by atoms with Gasteiger partial charge in [0.05, 0.1) is 0 Å². The van der Waals surface area contributed by atoms with E-state index >= 15 is 0 Å². The molecule has 0 spiro atoms.